The van der Waals surface area contributed by atoms with Crippen molar-refractivity contribution in [1.82, 2.24) is 0 Å². The Bertz CT molecular complexity index is 1240. The molecule has 1 aliphatic rings. The molecule has 0 amide bonds. The molecule has 0 bridgehead atoms. The topological polar surface area (TPSA) is 192 Å². The minimum absolute atomic E-state index is 0.0856. The number of phosphoric ester groups is 1. The van der Waals surface area contributed by atoms with Crippen molar-refractivity contribution in [3.63, 3.8) is 0 Å². The minimum Gasteiger partial charge on any atom is -0.457 e. The smallest absolute Gasteiger partial charge is 0.457 e. The zero-order valence-electron chi connectivity index (χ0n) is 40.1. The number of carbonyl (C=O) groups excluding carboxylic acids is 1. The van der Waals surface area contributed by atoms with E-state index >= 15 is 0 Å². The van der Waals surface area contributed by atoms with Crippen molar-refractivity contribution >= 4 is 13.8 Å². The van der Waals surface area contributed by atoms with Crippen molar-refractivity contribution in [2.24, 2.45) is 0 Å². The van der Waals surface area contributed by atoms with Crippen LogP contribution in [0.5, 0.6) is 0 Å². The number of rotatable bonds is 43. The highest BCUT2D eigenvalue weighted by Gasteiger charge is 2.51. The van der Waals surface area contributed by atoms with Gasteiger partial charge < -0.3 is 39.9 Å². The monoisotopic (exact) mass is 929 g/mol. The fraction of sp³-hybridized carbons (Fsp3) is 0.824. The van der Waals surface area contributed by atoms with Gasteiger partial charge in [-0.15, -0.1) is 0 Å². The highest BCUT2D eigenvalue weighted by molar-refractivity contribution is 7.47. The van der Waals surface area contributed by atoms with Crippen molar-refractivity contribution in [3.8, 4) is 0 Å². The molecule has 1 aliphatic carbocycles. The quantitative estimate of drug-likeness (QED) is 0.0147. The number of aliphatic hydroxyl groups is 5. The van der Waals surface area contributed by atoms with Crippen LogP contribution in [-0.4, -0.2) is 98.9 Å². The van der Waals surface area contributed by atoms with E-state index in [0.29, 0.717) is 13.0 Å². The molecular formula is C51H93O12P. The molecule has 0 aromatic rings. The highest BCUT2D eigenvalue weighted by Crippen LogP contribution is 2.47. The molecule has 0 aliphatic heterocycles. The Labute approximate surface area is 388 Å². The molecule has 6 unspecified atom stereocenters. The van der Waals surface area contributed by atoms with Crippen molar-refractivity contribution in [3.05, 3.63) is 48.6 Å². The van der Waals surface area contributed by atoms with Gasteiger partial charge in [-0.2, -0.15) is 0 Å². The third-order valence-electron chi connectivity index (χ3n) is 11.7. The van der Waals surface area contributed by atoms with E-state index in [-0.39, 0.29) is 13.0 Å². The van der Waals surface area contributed by atoms with E-state index in [2.05, 4.69) is 62.5 Å². The number of hydrogen-bond donors (Lipinski definition) is 6. The molecule has 1 rings (SSSR count). The van der Waals surface area contributed by atoms with Gasteiger partial charge in [0.1, 0.15) is 42.7 Å². The van der Waals surface area contributed by atoms with E-state index in [1.54, 1.807) is 0 Å². The van der Waals surface area contributed by atoms with Gasteiger partial charge in [-0.1, -0.05) is 172 Å². The van der Waals surface area contributed by atoms with Gasteiger partial charge in [0.25, 0.3) is 0 Å². The third-order valence-corrected chi connectivity index (χ3v) is 12.7. The Morgan fingerprint density at radius 3 is 1.38 bits per heavy atom. The predicted molar refractivity (Wildman–Crippen MR) is 258 cm³/mol. The van der Waals surface area contributed by atoms with Gasteiger partial charge in [0, 0.05) is 13.0 Å². The fourth-order valence-corrected chi connectivity index (χ4v) is 8.57. The van der Waals surface area contributed by atoms with E-state index in [1.807, 2.05) is 0 Å². The summed E-state index contributed by atoms with van der Waals surface area (Å²) in [5, 5.41) is 50.3. The van der Waals surface area contributed by atoms with E-state index < -0.39 is 63.1 Å². The van der Waals surface area contributed by atoms with Crippen LogP contribution in [0.25, 0.3) is 0 Å². The lowest BCUT2D eigenvalue weighted by Gasteiger charge is -2.41. The summed E-state index contributed by atoms with van der Waals surface area (Å²) in [6, 6.07) is 0. The Hall–Kier alpha value is -1.70. The van der Waals surface area contributed by atoms with Gasteiger partial charge in [-0.25, -0.2) is 4.57 Å². The van der Waals surface area contributed by atoms with E-state index in [4.69, 9.17) is 18.5 Å². The average molecular weight is 929 g/mol. The molecule has 0 saturated heterocycles. The number of allylic oxidation sites excluding steroid dienone is 8. The Morgan fingerprint density at radius 1 is 0.500 bits per heavy atom. The van der Waals surface area contributed by atoms with Gasteiger partial charge in [-0.05, 0) is 77.0 Å². The Balaban J connectivity index is 2.36. The molecule has 1 saturated carbocycles. The molecule has 6 N–H and O–H groups in total. The number of ether oxygens (including phenoxy) is 2. The second-order valence-corrected chi connectivity index (χ2v) is 19.1. The van der Waals surface area contributed by atoms with Crippen molar-refractivity contribution < 1.29 is 58.3 Å². The molecule has 64 heavy (non-hydrogen) atoms. The van der Waals surface area contributed by atoms with Crippen LogP contribution in [0.3, 0.4) is 0 Å². The van der Waals surface area contributed by atoms with Crippen LogP contribution in [0.1, 0.15) is 206 Å². The summed E-state index contributed by atoms with van der Waals surface area (Å²) in [6.45, 7) is 4.22. The summed E-state index contributed by atoms with van der Waals surface area (Å²) in [5.41, 5.74) is 0. The maximum absolute atomic E-state index is 12.8. The highest BCUT2D eigenvalue weighted by atomic mass is 31.2. The molecule has 13 heteroatoms. The largest absolute Gasteiger partial charge is 0.472 e. The molecular weight excluding hydrogens is 836 g/mol. The number of esters is 1. The number of unbranched alkanes of at least 4 members (excludes halogenated alkanes) is 23. The van der Waals surface area contributed by atoms with E-state index in [1.165, 1.54) is 103 Å². The summed E-state index contributed by atoms with van der Waals surface area (Å²) in [7, 11) is -5.03. The van der Waals surface area contributed by atoms with Crippen LogP contribution >= 0.6 is 7.82 Å². The van der Waals surface area contributed by atoms with Crippen LogP contribution < -0.4 is 0 Å². The average Bonchev–Trinajstić information content (AvgIpc) is 3.28. The van der Waals surface area contributed by atoms with E-state index in [0.717, 1.165) is 77.0 Å². The number of hydrogen-bond acceptors (Lipinski definition) is 11. The van der Waals surface area contributed by atoms with Gasteiger partial charge in [0.15, 0.2) is 0 Å². The lowest BCUT2D eigenvalue weighted by molar-refractivity contribution is -0.220. The Kier molecular flexibility index (Phi) is 39.1. The van der Waals surface area contributed by atoms with Crippen molar-refractivity contribution in [2.75, 3.05) is 19.8 Å². The molecule has 0 aromatic heterocycles. The van der Waals surface area contributed by atoms with Crippen LogP contribution in [-0.2, 0) is 27.9 Å². The predicted octanol–water partition coefficient (Wildman–Crippen LogP) is 11.2. The molecule has 12 nitrogen and oxygen atoms in total. The van der Waals surface area contributed by atoms with Crippen LogP contribution in [0.2, 0.25) is 0 Å². The zero-order valence-corrected chi connectivity index (χ0v) is 41.0. The second-order valence-electron chi connectivity index (χ2n) is 17.7. The maximum atomic E-state index is 12.8. The van der Waals surface area contributed by atoms with Crippen molar-refractivity contribution in [1.29, 1.82) is 0 Å². The number of aliphatic hydroxyl groups excluding tert-OH is 5. The normalized spacial score (nSPS) is 22.1. The fourth-order valence-electron chi connectivity index (χ4n) is 7.59. The molecule has 0 heterocycles. The first kappa shape index (κ1) is 60.3. The molecule has 6 atom stereocenters. The Morgan fingerprint density at radius 2 is 0.875 bits per heavy atom. The zero-order chi connectivity index (χ0) is 46.9. The van der Waals surface area contributed by atoms with E-state index in [9.17, 15) is 39.8 Å². The molecule has 1 fully saturated rings. The van der Waals surface area contributed by atoms with Crippen LogP contribution in [0.15, 0.2) is 48.6 Å². The molecule has 0 spiro atoms. The summed E-state index contributed by atoms with van der Waals surface area (Å²) in [4.78, 5) is 23.2. The summed E-state index contributed by atoms with van der Waals surface area (Å²) in [6.07, 6.45) is 38.8. The van der Waals surface area contributed by atoms with Gasteiger partial charge in [-0.3, -0.25) is 13.8 Å². The lowest BCUT2D eigenvalue weighted by atomic mass is 9.85. The van der Waals surface area contributed by atoms with Gasteiger partial charge in [0.05, 0.1) is 13.2 Å². The summed E-state index contributed by atoms with van der Waals surface area (Å²) < 4.78 is 34.3. The minimum atomic E-state index is -5.03. The summed E-state index contributed by atoms with van der Waals surface area (Å²) in [5.74, 6) is -0.485. The summed E-state index contributed by atoms with van der Waals surface area (Å²) >= 11 is 0. The molecule has 374 valence electrons. The first-order valence-corrected chi connectivity index (χ1v) is 27.0. The first-order chi connectivity index (χ1) is 31.0. The third kappa shape index (κ3) is 32.9. The first-order valence-electron chi connectivity index (χ1n) is 25.5. The van der Waals surface area contributed by atoms with Crippen LogP contribution in [0, 0.1) is 0 Å². The lowest BCUT2D eigenvalue weighted by Crippen LogP contribution is -2.64. The maximum Gasteiger partial charge on any atom is 0.472 e. The van der Waals surface area contributed by atoms with Gasteiger partial charge >= 0.3 is 13.8 Å². The standard InChI is InChI=1S/C51H93O12P/c1-3-5-7-9-11-13-15-17-19-21-22-23-25-27-29-31-33-35-37-39-41-60-42-44(43-61-64(58,59)63-51-49(56)47(54)46(53)48(55)50(51)57)62-45(52)40-38-36-34-32-30-28-26-24-20-18-16-14-12-10-8-6-4-2/h11,13,17-20,22-23,44,46-51,53-57H,3-10,12,14-16,21,24-43H2,1-2H3,(H,58,59)/b13-11-,19-17-,20-18-,23-22-. The number of carbonyl (C=O) groups is 1. The van der Waals surface area contributed by atoms with Crippen LogP contribution in [0.4, 0.5) is 0 Å². The second kappa shape index (κ2) is 41.5. The molecule has 0 aromatic carbocycles. The SMILES string of the molecule is CCCCC/C=C\C/C=C\C/C=C\CCCCCCCCCOCC(COP(=O)(O)OC1C(O)C(O)C(O)C(O)C1O)OC(=O)CCCCCCCCC/C=C\CCCCCCCC. The number of phosphoric acid groups is 1. The van der Waals surface area contributed by atoms with Gasteiger partial charge in [0.2, 0.25) is 0 Å². The molecule has 0 radical (unpaired) electrons. The van der Waals surface area contributed by atoms with Crippen molar-refractivity contribution in [2.45, 2.75) is 249 Å².